The largest absolute Gasteiger partial charge is 0.497 e. The number of allylic oxidation sites excluding steroid dienone is 2. The predicted octanol–water partition coefficient (Wildman–Crippen LogP) is 4.81. The van der Waals surface area contributed by atoms with Crippen molar-refractivity contribution in [2.45, 2.75) is 46.6 Å². The van der Waals surface area contributed by atoms with Crippen LogP contribution in [0.25, 0.3) is 11.0 Å². The summed E-state index contributed by atoms with van der Waals surface area (Å²) in [5, 5.41) is 6.38. The molecule has 8 nitrogen and oxygen atoms in total. The van der Waals surface area contributed by atoms with Gasteiger partial charge in [0.2, 0.25) is 6.41 Å². The monoisotopic (exact) mass is 547 g/mol. The van der Waals surface area contributed by atoms with E-state index >= 15 is 0 Å². The van der Waals surface area contributed by atoms with Crippen molar-refractivity contribution in [1.82, 2.24) is 10.6 Å². The van der Waals surface area contributed by atoms with Crippen LogP contribution in [-0.2, 0) is 14.3 Å². The minimum atomic E-state index is -0.188. The number of nitrogens with one attached hydrogen (secondary N) is 2. The van der Waals surface area contributed by atoms with Crippen LogP contribution in [0.5, 0.6) is 0 Å². The Morgan fingerprint density at radius 3 is 2.63 bits per heavy atom. The topological polar surface area (TPSA) is 93.0 Å². The minimum absolute atomic E-state index is 0.188. The molecule has 0 unspecified atom stereocenters. The summed E-state index contributed by atoms with van der Waals surface area (Å²) < 4.78 is 17.5. The van der Waals surface area contributed by atoms with Crippen LogP contribution in [0.1, 0.15) is 49.5 Å². The Balaban J connectivity index is 1.95. The lowest BCUT2D eigenvalue weighted by Crippen LogP contribution is -2.40. The minimum Gasteiger partial charge on any atom is -0.497 e. The van der Waals surface area contributed by atoms with Crippen LogP contribution < -0.4 is 15.5 Å². The molecule has 2 heterocycles. The summed E-state index contributed by atoms with van der Waals surface area (Å²) in [6, 6.07) is 4.22. The van der Waals surface area contributed by atoms with Gasteiger partial charge < -0.3 is 29.4 Å². The summed E-state index contributed by atoms with van der Waals surface area (Å²) >= 11 is 3.42. The van der Waals surface area contributed by atoms with Gasteiger partial charge in [-0.3, -0.25) is 9.59 Å². The van der Waals surface area contributed by atoms with Crippen molar-refractivity contribution in [3.63, 3.8) is 0 Å². The number of hydrogen-bond donors (Lipinski definition) is 2. The maximum atomic E-state index is 13.5. The molecule has 0 bridgehead atoms. The van der Waals surface area contributed by atoms with Crippen molar-refractivity contribution in [2.75, 3.05) is 38.3 Å². The van der Waals surface area contributed by atoms with Crippen LogP contribution in [0.2, 0.25) is 0 Å². The molecule has 1 aliphatic rings. The third-order valence-electron chi connectivity index (χ3n) is 6.32. The number of anilines is 1. The van der Waals surface area contributed by atoms with Gasteiger partial charge >= 0.3 is 0 Å². The van der Waals surface area contributed by atoms with Gasteiger partial charge in [0.1, 0.15) is 11.3 Å². The molecule has 0 radical (unpaired) electrons. The molecule has 1 aromatic carbocycles. The van der Waals surface area contributed by atoms with Crippen molar-refractivity contribution >= 4 is 44.9 Å². The normalized spacial score (nSPS) is 15.5. The fourth-order valence-corrected chi connectivity index (χ4v) is 4.93. The fourth-order valence-electron chi connectivity index (χ4n) is 4.53. The number of benzene rings is 1. The Labute approximate surface area is 214 Å². The number of methoxy groups -OCH3 is 1. The second-order valence-electron chi connectivity index (χ2n) is 8.61. The number of furan rings is 1. The maximum Gasteiger partial charge on any atom is 0.252 e. The van der Waals surface area contributed by atoms with E-state index in [-0.39, 0.29) is 12.5 Å². The molecule has 1 fully saturated rings. The molecular formula is C26H34BrN3O5. The van der Waals surface area contributed by atoms with E-state index in [0.717, 1.165) is 54.8 Å². The lowest BCUT2D eigenvalue weighted by atomic mass is 9.98. The van der Waals surface area contributed by atoms with Crippen LogP contribution in [-0.4, -0.2) is 51.8 Å². The molecule has 0 aliphatic carbocycles. The second kappa shape index (κ2) is 12.3. The summed E-state index contributed by atoms with van der Waals surface area (Å²) in [5.74, 6) is 0.391. The zero-order valence-electron chi connectivity index (χ0n) is 21.0. The smallest absolute Gasteiger partial charge is 0.252 e. The highest BCUT2D eigenvalue weighted by atomic mass is 79.9. The van der Waals surface area contributed by atoms with Gasteiger partial charge in [-0.05, 0) is 79.7 Å². The first-order valence-electron chi connectivity index (χ1n) is 11.8. The molecule has 35 heavy (non-hydrogen) atoms. The number of amides is 2. The Hall–Kier alpha value is -2.78. The molecule has 190 valence electrons. The molecule has 1 aromatic heterocycles. The molecule has 9 heteroatoms. The number of hydrogen-bond acceptors (Lipinski definition) is 6. The highest BCUT2D eigenvalue weighted by Crippen LogP contribution is 2.36. The number of ether oxygens (including phenoxy) is 2. The van der Waals surface area contributed by atoms with Gasteiger partial charge in [-0.2, -0.15) is 0 Å². The SMILES string of the molecule is CCN(c1cc2oc(Br)cc2c(C(=O)NC/C(C)=C(/C=C(/C)NC=O)OC)c1C)C1CCOCC1. The molecular weight excluding hydrogens is 514 g/mol. The molecule has 2 N–H and O–H groups in total. The van der Waals surface area contributed by atoms with Gasteiger partial charge in [-0.1, -0.05) is 0 Å². The molecule has 2 aromatic rings. The number of halogens is 1. The van der Waals surface area contributed by atoms with Crippen LogP contribution >= 0.6 is 15.9 Å². The molecule has 3 rings (SSSR count). The van der Waals surface area contributed by atoms with E-state index in [1.807, 2.05) is 26.0 Å². The van der Waals surface area contributed by atoms with E-state index in [4.69, 9.17) is 13.9 Å². The molecule has 0 atom stereocenters. The Kier molecular flexibility index (Phi) is 9.40. The van der Waals surface area contributed by atoms with Crippen LogP contribution in [0.3, 0.4) is 0 Å². The van der Waals surface area contributed by atoms with Gasteiger partial charge in [0.15, 0.2) is 4.67 Å². The number of fused-ring (bicyclic) bond motifs is 1. The summed E-state index contributed by atoms with van der Waals surface area (Å²) in [5.41, 5.74) is 4.64. The molecule has 1 aliphatic heterocycles. The first-order valence-corrected chi connectivity index (χ1v) is 12.6. The molecule has 2 amide bonds. The molecule has 1 saturated heterocycles. The first-order chi connectivity index (χ1) is 16.8. The van der Waals surface area contributed by atoms with Crippen LogP contribution in [0.15, 0.2) is 44.3 Å². The highest BCUT2D eigenvalue weighted by Gasteiger charge is 2.26. The van der Waals surface area contributed by atoms with Gasteiger partial charge in [-0.25, -0.2) is 0 Å². The fraction of sp³-hybridized carbons (Fsp3) is 0.462. The van der Waals surface area contributed by atoms with Gasteiger partial charge in [0.25, 0.3) is 5.91 Å². The lowest BCUT2D eigenvalue weighted by molar-refractivity contribution is -0.108. The third kappa shape index (κ3) is 6.27. The number of carbonyl (C=O) groups is 2. The summed E-state index contributed by atoms with van der Waals surface area (Å²) in [6.45, 7) is 10.4. The van der Waals surface area contributed by atoms with E-state index in [0.29, 0.717) is 39.7 Å². The Morgan fingerprint density at radius 2 is 2.00 bits per heavy atom. The summed E-state index contributed by atoms with van der Waals surface area (Å²) in [4.78, 5) is 26.6. The molecule has 0 spiro atoms. The average molecular weight is 548 g/mol. The van der Waals surface area contributed by atoms with Crippen molar-refractivity contribution in [1.29, 1.82) is 0 Å². The van der Waals surface area contributed by atoms with Crippen molar-refractivity contribution in [2.24, 2.45) is 0 Å². The van der Waals surface area contributed by atoms with E-state index in [9.17, 15) is 9.59 Å². The Bertz CT molecular complexity index is 1130. The van der Waals surface area contributed by atoms with Gasteiger partial charge in [0, 0.05) is 55.2 Å². The zero-order valence-corrected chi connectivity index (χ0v) is 22.6. The van der Waals surface area contributed by atoms with Crippen LogP contribution in [0.4, 0.5) is 5.69 Å². The van der Waals surface area contributed by atoms with Crippen molar-refractivity contribution in [3.8, 4) is 0 Å². The van der Waals surface area contributed by atoms with E-state index in [2.05, 4.69) is 38.4 Å². The first kappa shape index (κ1) is 26.8. The third-order valence-corrected chi connectivity index (χ3v) is 6.72. The quantitative estimate of drug-likeness (QED) is 0.252. The number of carbonyl (C=O) groups excluding carboxylic acids is 2. The van der Waals surface area contributed by atoms with Crippen LogP contribution in [0, 0.1) is 6.92 Å². The second-order valence-corrected chi connectivity index (χ2v) is 9.39. The standard InChI is InChI=1S/C26H34BrN3O5/c1-6-30(19-7-9-34-10-8-19)21-13-23-20(12-24(27)35-23)25(18(21)4)26(32)28-14-16(2)22(33-5)11-17(3)29-15-31/h11-13,15,19H,6-10,14H2,1-5H3,(H,28,32)(H,29,31)/b17-11-,22-16-. The van der Waals surface area contributed by atoms with E-state index < -0.39 is 0 Å². The van der Waals surface area contributed by atoms with E-state index in [1.165, 1.54) is 0 Å². The number of rotatable bonds is 10. The summed E-state index contributed by atoms with van der Waals surface area (Å²) in [7, 11) is 1.56. The number of nitrogens with zero attached hydrogens (tertiary/aromatic N) is 1. The van der Waals surface area contributed by atoms with E-state index in [1.54, 1.807) is 20.1 Å². The molecule has 0 saturated carbocycles. The Morgan fingerprint density at radius 1 is 1.29 bits per heavy atom. The maximum absolute atomic E-state index is 13.5. The lowest BCUT2D eigenvalue weighted by Gasteiger charge is -2.36. The van der Waals surface area contributed by atoms with Crippen molar-refractivity contribution in [3.05, 3.63) is 51.0 Å². The summed E-state index contributed by atoms with van der Waals surface area (Å²) in [6.07, 6.45) is 4.23. The zero-order chi connectivity index (χ0) is 25.5. The predicted molar refractivity (Wildman–Crippen MR) is 141 cm³/mol. The van der Waals surface area contributed by atoms with Gasteiger partial charge in [0.05, 0.1) is 12.7 Å². The highest BCUT2D eigenvalue weighted by molar-refractivity contribution is 9.10. The average Bonchev–Trinajstić information content (AvgIpc) is 3.21. The van der Waals surface area contributed by atoms with Crippen molar-refractivity contribution < 1.29 is 23.5 Å². The van der Waals surface area contributed by atoms with Gasteiger partial charge in [-0.15, -0.1) is 0 Å².